The second-order valence-electron chi connectivity index (χ2n) is 8.40. The first-order valence-corrected chi connectivity index (χ1v) is 13.5. The summed E-state index contributed by atoms with van der Waals surface area (Å²) in [5.74, 6) is -0.241. The fourth-order valence-electron chi connectivity index (χ4n) is 3.25. The van der Waals surface area contributed by atoms with Crippen molar-refractivity contribution < 1.29 is 22.7 Å². The van der Waals surface area contributed by atoms with Crippen molar-refractivity contribution in [3.05, 3.63) is 58.6 Å². The summed E-state index contributed by atoms with van der Waals surface area (Å²) in [5, 5.41) is 2.85. The van der Waals surface area contributed by atoms with Gasteiger partial charge in [-0.15, -0.1) is 0 Å². The number of sulfonamides is 1. The van der Waals surface area contributed by atoms with Gasteiger partial charge in [-0.25, -0.2) is 8.42 Å². The van der Waals surface area contributed by atoms with Gasteiger partial charge in [0.05, 0.1) is 19.1 Å². The van der Waals surface area contributed by atoms with Crippen molar-refractivity contribution >= 4 is 43.5 Å². The average molecular weight is 555 g/mol. The zero-order chi connectivity index (χ0) is 25.5. The maximum atomic E-state index is 13.5. The van der Waals surface area contributed by atoms with Crippen LogP contribution in [0.1, 0.15) is 26.3 Å². The first kappa shape index (κ1) is 27.7. The predicted octanol–water partition coefficient (Wildman–Crippen LogP) is 3.41. The molecule has 0 aliphatic rings. The van der Waals surface area contributed by atoms with Crippen LogP contribution in [0.5, 0.6) is 5.75 Å². The molecule has 0 heterocycles. The summed E-state index contributed by atoms with van der Waals surface area (Å²) in [5.41, 5.74) is 1.06. The van der Waals surface area contributed by atoms with E-state index in [0.29, 0.717) is 12.3 Å². The Kier molecular flexibility index (Phi) is 9.93. The van der Waals surface area contributed by atoms with E-state index < -0.39 is 28.5 Å². The van der Waals surface area contributed by atoms with E-state index in [-0.39, 0.29) is 24.1 Å². The minimum Gasteiger partial charge on any atom is -0.495 e. The lowest BCUT2D eigenvalue weighted by Crippen LogP contribution is -2.51. The summed E-state index contributed by atoms with van der Waals surface area (Å²) in [6, 6.07) is 13.2. The highest BCUT2D eigenvalue weighted by molar-refractivity contribution is 9.10. The topological polar surface area (TPSA) is 96.0 Å². The minimum absolute atomic E-state index is 0.145. The normalized spacial score (nSPS) is 12.2. The van der Waals surface area contributed by atoms with Gasteiger partial charge in [0.25, 0.3) is 0 Å². The van der Waals surface area contributed by atoms with Gasteiger partial charge in [0, 0.05) is 17.6 Å². The number of hydrogen-bond donors (Lipinski definition) is 1. The van der Waals surface area contributed by atoms with Gasteiger partial charge in [0.2, 0.25) is 21.8 Å². The smallest absolute Gasteiger partial charge is 0.244 e. The number of ether oxygens (including phenoxy) is 1. The Hall–Kier alpha value is -2.59. The van der Waals surface area contributed by atoms with Crippen LogP contribution in [0.3, 0.4) is 0 Å². The molecule has 0 radical (unpaired) electrons. The third kappa shape index (κ3) is 7.73. The molecule has 0 spiro atoms. The van der Waals surface area contributed by atoms with E-state index in [2.05, 4.69) is 21.2 Å². The summed E-state index contributed by atoms with van der Waals surface area (Å²) in [6.45, 7) is 5.74. The van der Waals surface area contributed by atoms with Crippen LogP contribution in [0.2, 0.25) is 0 Å². The van der Waals surface area contributed by atoms with Crippen LogP contribution >= 0.6 is 15.9 Å². The van der Waals surface area contributed by atoms with Crippen LogP contribution in [0.25, 0.3) is 0 Å². The number of methoxy groups -OCH3 is 1. The number of hydrogen-bond acceptors (Lipinski definition) is 5. The number of nitrogens with one attached hydrogen (secondary N) is 1. The molecule has 10 heteroatoms. The largest absolute Gasteiger partial charge is 0.495 e. The molecule has 2 rings (SSSR count). The summed E-state index contributed by atoms with van der Waals surface area (Å²) in [6.07, 6.45) is 1.03. The molecule has 0 aromatic heterocycles. The first-order chi connectivity index (χ1) is 15.9. The highest BCUT2D eigenvalue weighted by Gasteiger charge is 2.31. The van der Waals surface area contributed by atoms with Crippen LogP contribution in [0, 0.1) is 5.92 Å². The van der Waals surface area contributed by atoms with E-state index in [4.69, 9.17) is 4.74 Å². The van der Waals surface area contributed by atoms with Crippen molar-refractivity contribution in [1.82, 2.24) is 10.2 Å². The zero-order valence-electron chi connectivity index (χ0n) is 20.1. The first-order valence-electron chi connectivity index (χ1n) is 10.9. The minimum atomic E-state index is -3.83. The third-order valence-electron chi connectivity index (χ3n) is 5.15. The molecule has 0 aliphatic carbocycles. The van der Waals surface area contributed by atoms with Gasteiger partial charge in [-0.3, -0.25) is 13.9 Å². The van der Waals surface area contributed by atoms with Crippen molar-refractivity contribution in [3.63, 3.8) is 0 Å². The number of para-hydroxylation sites is 2. The fourth-order valence-corrected chi connectivity index (χ4v) is 4.37. The SMILES string of the molecule is COc1ccccc1N(CC(=O)N(Cc1ccc(Br)cc1)[C@H](C)C(=O)NCC(C)C)S(C)(=O)=O. The maximum absolute atomic E-state index is 13.5. The zero-order valence-corrected chi connectivity index (χ0v) is 22.5. The summed E-state index contributed by atoms with van der Waals surface area (Å²) >= 11 is 3.39. The molecule has 0 aliphatic heterocycles. The molecule has 0 unspecified atom stereocenters. The van der Waals surface area contributed by atoms with Crippen LogP contribution in [0.4, 0.5) is 5.69 Å². The second kappa shape index (κ2) is 12.2. The molecule has 1 N–H and O–H groups in total. The van der Waals surface area contributed by atoms with Crippen molar-refractivity contribution in [2.75, 3.05) is 30.8 Å². The summed E-state index contributed by atoms with van der Waals surface area (Å²) < 4.78 is 32.5. The Morgan fingerprint density at radius 3 is 2.24 bits per heavy atom. The third-order valence-corrected chi connectivity index (χ3v) is 6.81. The number of carbonyl (C=O) groups excluding carboxylic acids is 2. The summed E-state index contributed by atoms with van der Waals surface area (Å²) in [7, 11) is -2.39. The predicted molar refractivity (Wildman–Crippen MR) is 137 cm³/mol. The molecule has 186 valence electrons. The van der Waals surface area contributed by atoms with Crippen molar-refractivity contribution in [2.24, 2.45) is 5.92 Å². The molecule has 0 saturated heterocycles. The van der Waals surface area contributed by atoms with Gasteiger partial charge in [-0.05, 0) is 42.7 Å². The van der Waals surface area contributed by atoms with E-state index in [1.165, 1.54) is 12.0 Å². The van der Waals surface area contributed by atoms with Gasteiger partial charge < -0.3 is 15.0 Å². The standard InChI is InChI=1S/C24H32BrN3O5S/c1-17(2)14-26-24(30)18(3)27(15-19-10-12-20(25)13-11-19)23(29)16-28(34(5,31)32)21-8-6-7-9-22(21)33-4/h6-13,17-18H,14-16H2,1-5H3,(H,26,30)/t18-/m1/s1. The number of nitrogens with zero attached hydrogens (tertiary/aromatic N) is 2. The van der Waals surface area contributed by atoms with E-state index in [9.17, 15) is 18.0 Å². The van der Waals surface area contributed by atoms with E-state index in [1.807, 2.05) is 38.1 Å². The average Bonchev–Trinajstić information content (AvgIpc) is 2.79. The Morgan fingerprint density at radius 1 is 1.06 bits per heavy atom. The number of benzene rings is 2. The van der Waals surface area contributed by atoms with Crippen molar-refractivity contribution in [3.8, 4) is 5.75 Å². The van der Waals surface area contributed by atoms with Crippen LogP contribution in [-0.2, 0) is 26.2 Å². The van der Waals surface area contributed by atoms with Crippen LogP contribution in [0.15, 0.2) is 53.0 Å². The van der Waals surface area contributed by atoms with E-state index >= 15 is 0 Å². The van der Waals surface area contributed by atoms with Crippen LogP contribution in [-0.4, -0.2) is 57.6 Å². The highest BCUT2D eigenvalue weighted by Crippen LogP contribution is 2.29. The number of halogens is 1. The Morgan fingerprint density at radius 2 is 1.68 bits per heavy atom. The van der Waals surface area contributed by atoms with E-state index in [0.717, 1.165) is 20.6 Å². The second-order valence-corrected chi connectivity index (χ2v) is 11.2. The molecular weight excluding hydrogens is 522 g/mol. The van der Waals surface area contributed by atoms with Crippen molar-refractivity contribution in [1.29, 1.82) is 0 Å². The molecule has 0 bridgehead atoms. The van der Waals surface area contributed by atoms with Crippen molar-refractivity contribution in [2.45, 2.75) is 33.4 Å². The molecule has 2 aromatic carbocycles. The number of anilines is 1. The molecule has 2 aromatic rings. The van der Waals surface area contributed by atoms with Gasteiger partial charge in [-0.2, -0.15) is 0 Å². The molecule has 0 saturated carbocycles. The Balaban J connectivity index is 2.39. The van der Waals surface area contributed by atoms with E-state index in [1.54, 1.807) is 31.2 Å². The van der Waals surface area contributed by atoms with Crippen LogP contribution < -0.4 is 14.4 Å². The Labute approximate surface area is 210 Å². The molecule has 34 heavy (non-hydrogen) atoms. The maximum Gasteiger partial charge on any atom is 0.244 e. The number of carbonyl (C=O) groups is 2. The lowest BCUT2D eigenvalue weighted by atomic mass is 10.1. The molecule has 1 atom stereocenters. The van der Waals surface area contributed by atoms with Gasteiger partial charge in [0.15, 0.2) is 0 Å². The van der Waals surface area contributed by atoms with Gasteiger partial charge in [-0.1, -0.05) is 54.0 Å². The molecule has 0 fully saturated rings. The monoisotopic (exact) mass is 553 g/mol. The van der Waals surface area contributed by atoms with Gasteiger partial charge in [0.1, 0.15) is 18.3 Å². The quantitative estimate of drug-likeness (QED) is 0.460. The summed E-state index contributed by atoms with van der Waals surface area (Å²) in [4.78, 5) is 27.7. The lowest BCUT2D eigenvalue weighted by Gasteiger charge is -2.32. The lowest BCUT2D eigenvalue weighted by molar-refractivity contribution is -0.139. The number of amides is 2. The molecule has 2 amide bonds. The fraction of sp³-hybridized carbons (Fsp3) is 0.417. The molecule has 8 nitrogen and oxygen atoms in total. The van der Waals surface area contributed by atoms with Gasteiger partial charge >= 0.3 is 0 Å². The number of rotatable bonds is 11. The molecular formula is C24H32BrN3O5S. The Bertz CT molecular complexity index is 1090. The highest BCUT2D eigenvalue weighted by atomic mass is 79.9.